The van der Waals surface area contributed by atoms with Crippen LogP contribution in [0.25, 0.3) is 10.8 Å². The number of carbonyl (C=O) groups is 2. The molecule has 2 aromatic carbocycles. The summed E-state index contributed by atoms with van der Waals surface area (Å²) in [5, 5.41) is 1.58. The van der Waals surface area contributed by atoms with Gasteiger partial charge in [0, 0.05) is 29.2 Å². The first kappa shape index (κ1) is 16.1. The second-order valence-corrected chi connectivity index (χ2v) is 7.14. The third-order valence-electron chi connectivity index (χ3n) is 5.41. The van der Waals surface area contributed by atoms with E-state index in [9.17, 15) is 9.59 Å². The molecule has 5 heteroatoms. The number of anilines is 1. The van der Waals surface area contributed by atoms with Crippen molar-refractivity contribution in [3.63, 3.8) is 0 Å². The summed E-state index contributed by atoms with van der Waals surface area (Å²) in [4.78, 5) is 29.8. The Kier molecular flexibility index (Phi) is 3.96. The van der Waals surface area contributed by atoms with E-state index in [1.54, 1.807) is 12.1 Å². The van der Waals surface area contributed by atoms with Gasteiger partial charge in [-0.3, -0.25) is 19.4 Å². The summed E-state index contributed by atoms with van der Waals surface area (Å²) in [5.74, 6) is -0.429. The lowest BCUT2D eigenvalue weighted by atomic mass is 9.93. The van der Waals surface area contributed by atoms with E-state index in [4.69, 9.17) is 5.73 Å². The summed E-state index contributed by atoms with van der Waals surface area (Å²) in [6, 6.07) is 9.21. The molecule has 25 heavy (non-hydrogen) atoms. The molecule has 0 aromatic heterocycles. The number of piperidine rings is 1. The van der Waals surface area contributed by atoms with Crippen LogP contribution < -0.4 is 5.73 Å². The Morgan fingerprint density at radius 3 is 2.52 bits per heavy atom. The van der Waals surface area contributed by atoms with Crippen molar-refractivity contribution in [3.8, 4) is 0 Å². The van der Waals surface area contributed by atoms with Crippen molar-refractivity contribution in [3.05, 3.63) is 41.5 Å². The number of hydrogen-bond acceptors (Lipinski definition) is 4. The first-order valence-electron chi connectivity index (χ1n) is 8.99. The van der Waals surface area contributed by atoms with Crippen molar-refractivity contribution < 1.29 is 9.59 Å². The summed E-state index contributed by atoms with van der Waals surface area (Å²) in [7, 11) is 0. The van der Waals surface area contributed by atoms with Crippen LogP contribution in [0.5, 0.6) is 0 Å². The number of nitrogens with zero attached hydrogens (tertiary/aromatic N) is 2. The number of carbonyl (C=O) groups excluding carboxylic acids is 2. The van der Waals surface area contributed by atoms with E-state index in [-0.39, 0.29) is 17.9 Å². The molecule has 2 aliphatic heterocycles. The highest BCUT2D eigenvalue weighted by Crippen LogP contribution is 2.32. The Morgan fingerprint density at radius 1 is 1.04 bits per heavy atom. The molecule has 0 radical (unpaired) electrons. The van der Waals surface area contributed by atoms with E-state index in [1.165, 1.54) is 24.2 Å². The lowest BCUT2D eigenvalue weighted by Crippen LogP contribution is -2.49. The van der Waals surface area contributed by atoms with Gasteiger partial charge >= 0.3 is 0 Å². The first-order valence-corrected chi connectivity index (χ1v) is 8.99. The minimum Gasteiger partial charge on any atom is -0.399 e. The number of hydrogen-bond donors (Lipinski definition) is 1. The lowest BCUT2D eigenvalue weighted by Gasteiger charge is -2.36. The number of likely N-dealkylation sites (tertiary alicyclic amines) is 1. The molecule has 2 aliphatic rings. The summed E-state index contributed by atoms with van der Waals surface area (Å²) in [6.45, 7) is 4.59. The van der Waals surface area contributed by atoms with Crippen molar-refractivity contribution in [2.75, 3.05) is 25.4 Å². The molecular formula is C20H23N3O2. The molecule has 2 aromatic rings. The molecule has 4 rings (SSSR count). The summed E-state index contributed by atoms with van der Waals surface area (Å²) < 4.78 is 0. The third kappa shape index (κ3) is 2.68. The molecule has 2 amide bonds. The van der Waals surface area contributed by atoms with E-state index in [0.29, 0.717) is 23.4 Å². The Bertz CT molecular complexity index is 855. The number of benzene rings is 2. The number of rotatable bonds is 3. The number of nitrogen functional groups attached to an aromatic ring is 1. The highest BCUT2D eigenvalue weighted by molar-refractivity contribution is 6.25. The van der Waals surface area contributed by atoms with Crippen LogP contribution in [-0.2, 0) is 0 Å². The molecule has 130 valence electrons. The monoisotopic (exact) mass is 337 g/mol. The zero-order valence-electron chi connectivity index (χ0n) is 14.5. The number of imide groups is 1. The van der Waals surface area contributed by atoms with Gasteiger partial charge in [0.05, 0.1) is 5.56 Å². The SMILES string of the molecule is CC(CN1C(=O)c2cccc3cc(N)cc(c23)C1=O)N1CCCCC1. The van der Waals surface area contributed by atoms with Gasteiger partial charge in [-0.15, -0.1) is 0 Å². The van der Waals surface area contributed by atoms with E-state index >= 15 is 0 Å². The maximum Gasteiger partial charge on any atom is 0.261 e. The first-order chi connectivity index (χ1) is 12.1. The quantitative estimate of drug-likeness (QED) is 0.691. The van der Waals surface area contributed by atoms with E-state index in [2.05, 4.69) is 11.8 Å². The molecule has 1 unspecified atom stereocenters. The van der Waals surface area contributed by atoms with E-state index < -0.39 is 0 Å². The zero-order chi connectivity index (χ0) is 17.6. The fraction of sp³-hybridized carbons (Fsp3) is 0.400. The molecule has 2 heterocycles. The van der Waals surface area contributed by atoms with Crippen LogP contribution in [0, 0.1) is 0 Å². The van der Waals surface area contributed by atoms with Crippen LogP contribution in [-0.4, -0.2) is 47.3 Å². The molecule has 2 N–H and O–H groups in total. The van der Waals surface area contributed by atoms with Gasteiger partial charge in [-0.1, -0.05) is 18.6 Å². The average molecular weight is 337 g/mol. The topological polar surface area (TPSA) is 66.6 Å². The molecule has 0 spiro atoms. The van der Waals surface area contributed by atoms with Gasteiger partial charge in [0.2, 0.25) is 0 Å². The summed E-state index contributed by atoms with van der Waals surface area (Å²) in [5.41, 5.74) is 7.65. The van der Waals surface area contributed by atoms with Gasteiger partial charge < -0.3 is 5.73 Å². The molecule has 0 saturated carbocycles. The normalized spacial score (nSPS) is 19.5. The Balaban J connectivity index is 1.69. The lowest BCUT2D eigenvalue weighted by molar-refractivity contribution is 0.0542. The summed E-state index contributed by atoms with van der Waals surface area (Å²) in [6.07, 6.45) is 3.63. The minimum absolute atomic E-state index is 0.162. The average Bonchev–Trinajstić information content (AvgIpc) is 2.63. The van der Waals surface area contributed by atoms with E-state index in [0.717, 1.165) is 23.9 Å². The maximum absolute atomic E-state index is 13.0. The number of amides is 2. The van der Waals surface area contributed by atoms with Crippen molar-refractivity contribution in [1.82, 2.24) is 9.80 Å². The Labute approximate surface area is 147 Å². The van der Waals surface area contributed by atoms with Crippen LogP contribution in [0.1, 0.15) is 46.9 Å². The van der Waals surface area contributed by atoms with Crippen molar-refractivity contribution >= 4 is 28.3 Å². The van der Waals surface area contributed by atoms with Crippen molar-refractivity contribution in [2.45, 2.75) is 32.2 Å². The van der Waals surface area contributed by atoms with Crippen LogP contribution in [0.4, 0.5) is 5.69 Å². The van der Waals surface area contributed by atoms with Crippen LogP contribution >= 0.6 is 0 Å². The highest BCUT2D eigenvalue weighted by atomic mass is 16.2. The highest BCUT2D eigenvalue weighted by Gasteiger charge is 2.34. The van der Waals surface area contributed by atoms with E-state index in [1.807, 2.05) is 18.2 Å². The minimum atomic E-state index is -0.232. The largest absolute Gasteiger partial charge is 0.399 e. The maximum atomic E-state index is 13.0. The van der Waals surface area contributed by atoms with Gasteiger partial charge in [-0.05, 0) is 56.4 Å². The molecule has 0 aliphatic carbocycles. The van der Waals surface area contributed by atoms with Crippen LogP contribution in [0.15, 0.2) is 30.3 Å². The standard InChI is InChI=1S/C20H23N3O2/c1-13(22-8-3-2-4-9-22)12-23-19(24)16-7-5-6-14-10-15(21)11-17(18(14)16)20(23)25/h5-7,10-11,13H,2-4,8-9,12,21H2,1H3. The second-order valence-electron chi connectivity index (χ2n) is 7.14. The Morgan fingerprint density at radius 2 is 1.76 bits per heavy atom. The van der Waals surface area contributed by atoms with Gasteiger partial charge in [-0.25, -0.2) is 0 Å². The molecule has 5 nitrogen and oxygen atoms in total. The predicted octanol–water partition coefficient (Wildman–Crippen LogP) is 2.89. The Hall–Kier alpha value is -2.40. The van der Waals surface area contributed by atoms with Gasteiger partial charge in [-0.2, -0.15) is 0 Å². The molecule has 0 bridgehead atoms. The fourth-order valence-electron chi connectivity index (χ4n) is 4.09. The predicted molar refractivity (Wildman–Crippen MR) is 98.6 cm³/mol. The van der Waals surface area contributed by atoms with Gasteiger partial charge in [0.15, 0.2) is 0 Å². The summed E-state index contributed by atoms with van der Waals surface area (Å²) >= 11 is 0. The smallest absolute Gasteiger partial charge is 0.261 e. The molecule has 1 atom stereocenters. The van der Waals surface area contributed by atoms with Crippen molar-refractivity contribution in [1.29, 1.82) is 0 Å². The van der Waals surface area contributed by atoms with Crippen LogP contribution in [0.3, 0.4) is 0 Å². The molecule has 1 fully saturated rings. The number of nitrogens with two attached hydrogens (primary N) is 1. The van der Waals surface area contributed by atoms with Crippen molar-refractivity contribution in [2.24, 2.45) is 0 Å². The fourth-order valence-corrected chi connectivity index (χ4v) is 4.09. The zero-order valence-corrected chi connectivity index (χ0v) is 14.5. The van der Waals surface area contributed by atoms with Gasteiger partial charge in [0.25, 0.3) is 11.8 Å². The van der Waals surface area contributed by atoms with Crippen LogP contribution in [0.2, 0.25) is 0 Å². The molecular weight excluding hydrogens is 314 g/mol. The third-order valence-corrected chi connectivity index (χ3v) is 5.41. The second kappa shape index (κ2) is 6.15. The van der Waals surface area contributed by atoms with Gasteiger partial charge in [0.1, 0.15) is 0 Å². The molecule has 1 saturated heterocycles.